The van der Waals surface area contributed by atoms with Gasteiger partial charge in [-0.15, -0.1) is 0 Å². The number of carbonyl (C=O) groups is 2. The molecule has 0 bridgehead atoms. The fraction of sp³-hybridized carbons (Fsp3) is 0.750. The Morgan fingerprint density at radius 2 is 1.77 bits per heavy atom. The zero-order valence-electron chi connectivity index (χ0n) is 8.14. The average Bonchev–Trinajstić information content (AvgIpc) is 2.12. The number of urea groups is 1. The minimum atomic E-state index is -0.311. The van der Waals surface area contributed by atoms with Gasteiger partial charge in [-0.25, -0.2) is 4.79 Å². The largest absolute Gasteiger partial charge is 0.355 e. The Hall–Kier alpha value is -1.26. The van der Waals surface area contributed by atoms with Gasteiger partial charge in [-0.05, 0) is 13.3 Å². The van der Waals surface area contributed by atoms with Crippen molar-refractivity contribution >= 4 is 11.9 Å². The van der Waals surface area contributed by atoms with Gasteiger partial charge in [0.15, 0.2) is 0 Å². The molecule has 3 N–H and O–H groups in total. The maximum atomic E-state index is 11.0. The maximum Gasteiger partial charge on any atom is 0.315 e. The first-order valence-corrected chi connectivity index (χ1v) is 4.49. The summed E-state index contributed by atoms with van der Waals surface area (Å²) in [5.74, 6) is -0.159. The second-order valence-electron chi connectivity index (χ2n) is 2.56. The minimum absolute atomic E-state index is 0.0336. The summed E-state index contributed by atoms with van der Waals surface area (Å²) in [6.07, 6.45) is 0.896. The van der Waals surface area contributed by atoms with Gasteiger partial charge in [0.05, 0.1) is 6.54 Å². The standard InChI is InChI=1S/C8H17N3O2/c1-3-5-10-7(12)6-11-8(13)9-4-2/h3-6H2,1-2H3,(H,10,12)(H2,9,11,13). The van der Waals surface area contributed by atoms with Gasteiger partial charge in [-0.1, -0.05) is 6.92 Å². The normalized spacial score (nSPS) is 9.08. The van der Waals surface area contributed by atoms with E-state index < -0.39 is 0 Å². The second-order valence-corrected chi connectivity index (χ2v) is 2.56. The van der Waals surface area contributed by atoms with E-state index in [0.717, 1.165) is 6.42 Å². The minimum Gasteiger partial charge on any atom is -0.355 e. The van der Waals surface area contributed by atoms with E-state index >= 15 is 0 Å². The molecule has 5 nitrogen and oxygen atoms in total. The molecule has 0 aromatic rings. The third-order valence-corrected chi connectivity index (χ3v) is 1.32. The molecule has 5 heteroatoms. The molecule has 0 aromatic heterocycles. The monoisotopic (exact) mass is 187 g/mol. The van der Waals surface area contributed by atoms with E-state index in [1.165, 1.54) is 0 Å². The highest BCUT2D eigenvalue weighted by Gasteiger charge is 2.01. The molecule has 0 rings (SSSR count). The molecule has 0 fully saturated rings. The molecule has 0 saturated carbocycles. The molecule has 0 aromatic carbocycles. The van der Waals surface area contributed by atoms with Gasteiger partial charge in [0.2, 0.25) is 5.91 Å². The SMILES string of the molecule is CCCNC(=O)CNC(=O)NCC. The first-order valence-electron chi connectivity index (χ1n) is 4.49. The molecule has 0 unspecified atom stereocenters. The van der Waals surface area contributed by atoms with Crippen molar-refractivity contribution in [2.24, 2.45) is 0 Å². The summed E-state index contributed by atoms with van der Waals surface area (Å²) in [6, 6.07) is -0.311. The van der Waals surface area contributed by atoms with Crippen molar-refractivity contribution in [2.75, 3.05) is 19.6 Å². The molecule has 0 aliphatic heterocycles. The fourth-order valence-corrected chi connectivity index (χ4v) is 0.711. The lowest BCUT2D eigenvalue weighted by molar-refractivity contribution is -0.120. The summed E-state index contributed by atoms with van der Waals surface area (Å²) in [4.78, 5) is 21.8. The summed E-state index contributed by atoms with van der Waals surface area (Å²) in [7, 11) is 0. The zero-order chi connectivity index (χ0) is 10.1. The van der Waals surface area contributed by atoms with Crippen LogP contribution in [0.2, 0.25) is 0 Å². The van der Waals surface area contributed by atoms with Crippen molar-refractivity contribution in [3.05, 3.63) is 0 Å². The molecule has 0 radical (unpaired) electrons. The lowest BCUT2D eigenvalue weighted by atomic mass is 10.4. The van der Waals surface area contributed by atoms with E-state index in [0.29, 0.717) is 13.1 Å². The van der Waals surface area contributed by atoms with Crippen LogP contribution in [0.15, 0.2) is 0 Å². The quantitative estimate of drug-likeness (QED) is 0.559. The van der Waals surface area contributed by atoms with Crippen molar-refractivity contribution < 1.29 is 9.59 Å². The molecule has 0 aliphatic carbocycles. The highest BCUT2D eigenvalue weighted by molar-refractivity contribution is 5.83. The molecule has 0 atom stereocenters. The number of amides is 3. The van der Waals surface area contributed by atoms with Crippen molar-refractivity contribution in [2.45, 2.75) is 20.3 Å². The molecular weight excluding hydrogens is 170 g/mol. The van der Waals surface area contributed by atoms with Gasteiger partial charge < -0.3 is 16.0 Å². The first-order chi connectivity index (χ1) is 6.20. The van der Waals surface area contributed by atoms with Crippen LogP contribution in [0.5, 0.6) is 0 Å². The number of hydrogen-bond donors (Lipinski definition) is 3. The van der Waals surface area contributed by atoms with Crippen LogP contribution in [0.1, 0.15) is 20.3 Å². The number of rotatable bonds is 5. The molecule has 0 aliphatic rings. The summed E-state index contributed by atoms with van der Waals surface area (Å²) in [5, 5.41) is 7.61. The average molecular weight is 187 g/mol. The highest BCUT2D eigenvalue weighted by Crippen LogP contribution is 1.71. The molecule has 0 spiro atoms. The van der Waals surface area contributed by atoms with Gasteiger partial charge >= 0.3 is 6.03 Å². The molecule has 0 heterocycles. The van der Waals surface area contributed by atoms with Crippen LogP contribution in [-0.2, 0) is 4.79 Å². The third kappa shape index (κ3) is 7.11. The van der Waals surface area contributed by atoms with Gasteiger partial charge in [-0.2, -0.15) is 0 Å². The van der Waals surface area contributed by atoms with E-state index in [9.17, 15) is 9.59 Å². The van der Waals surface area contributed by atoms with Crippen LogP contribution >= 0.6 is 0 Å². The lowest BCUT2D eigenvalue weighted by Crippen LogP contribution is -2.42. The predicted octanol–water partition coefficient (Wildman–Crippen LogP) is -0.168. The number of nitrogens with one attached hydrogen (secondary N) is 3. The first kappa shape index (κ1) is 11.7. The van der Waals surface area contributed by atoms with Gasteiger partial charge in [0.1, 0.15) is 0 Å². The third-order valence-electron chi connectivity index (χ3n) is 1.32. The smallest absolute Gasteiger partial charge is 0.315 e. The Morgan fingerprint density at radius 3 is 2.31 bits per heavy atom. The Morgan fingerprint density at radius 1 is 1.08 bits per heavy atom. The van der Waals surface area contributed by atoms with E-state index in [2.05, 4.69) is 16.0 Å². The van der Waals surface area contributed by atoms with E-state index in [-0.39, 0.29) is 18.5 Å². The van der Waals surface area contributed by atoms with E-state index in [4.69, 9.17) is 0 Å². The van der Waals surface area contributed by atoms with Crippen molar-refractivity contribution in [3.63, 3.8) is 0 Å². The second kappa shape index (κ2) is 7.39. The van der Waals surface area contributed by atoms with Crippen LogP contribution in [0.4, 0.5) is 4.79 Å². The molecule has 76 valence electrons. The summed E-state index contributed by atoms with van der Waals surface area (Å²) >= 11 is 0. The predicted molar refractivity (Wildman–Crippen MR) is 50.4 cm³/mol. The highest BCUT2D eigenvalue weighted by atomic mass is 16.2. The maximum absolute atomic E-state index is 11.0. The Kier molecular flexibility index (Phi) is 6.68. The summed E-state index contributed by atoms with van der Waals surface area (Å²) < 4.78 is 0. The lowest BCUT2D eigenvalue weighted by Gasteiger charge is -2.05. The molecule has 3 amide bonds. The molecule has 0 saturated heterocycles. The number of carbonyl (C=O) groups excluding carboxylic acids is 2. The van der Waals surface area contributed by atoms with Gasteiger partial charge in [0, 0.05) is 13.1 Å². The molecule has 13 heavy (non-hydrogen) atoms. The van der Waals surface area contributed by atoms with Crippen LogP contribution in [0.3, 0.4) is 0 Å². The zero-order valence-corrected chi connectivity index (χ0v) is 8.14. The van der Waals surface area contributed by atoms with Crippen LogP contribution < -0.4 is 16.0 Å². The van der Waals surface area contributed by atoms with Crippen LogP contribution in [0.25, 0.3) is 0 Å². The summed E-state index contributed by atoms with van der Waals surface area (Å²) in [5.41, 5.74) is 0. The number of hydrogen-bond acceptors (Lipinski definition) is 2. The van der Waals surface area contributed by atoms with Crippen molar-refractivity contribution in [1.29, 1.82) is 0 Å². The van der Waals surface area contributed by atoms with E-state index in [1.807, 2.05) is 13.8 Å². The van der Waals surface area contributed by atoms with Crippen LogP contribution in [-0.4, -0.2) is 31.6 Å². The van der Waals surface area contributed by atoms with Gasteiger partial charge in [0.25, 0.3) is 0 Å². The van der Waals surface area contributed by atoms with E-state index in [1.54, 1.807) is 0 Å². The summed E-state index contributed by atoms with van der Waals surface area (Å²) in [6.45, 7) is 5.03. The van der Waals surface area contributed by atoms with Crippen LogP contribution in [0, 0.1) is 0 Å². The fourth-order valence-electron chi connectivity index (χ4n) is 0.711. The van der Waals surface area contributed by atoms with Crippen molar-refractivity contribution in [3.8, 4) is 0 Å². The Balaban J connectivity index is 3.40. The Bertz CT molecular complexity index is 171. The Labute approximate surface area is 78.3 Å². The topological polar surface area (TPSA) is 70.2 Å². The molecular formula is C8H17N3O2. The van der Waals surface area contributed by atoms with Crippen molar-refractivity contribution in [1.82, 2.24) is 16.0 Å². The van der Waals surface area contributed by atoms with Gasteiger partial charge in [-0.3, -0.25) is 4.79 Å².